The van der Waals surface area contributed by atoms with Gasteiger partial charge >= 0.3 is 6.18 Å². The molecule has 0 spiro atoms. The lowest BCUT2D eigenvalue weighted by Crippen LogP contribution is -2.57. The maximum Gasteiger partial charge on any atom is 0.397 e. The summed E-state index contributed by atoms with van der Waals surface area (Å²) < 4.78 is 38.6. The molecule has 1 aliphatic heterocycles. The molecule has 0 unspecified atom stereocenters. The Morgan fingerprint density at radius 2 is 1.97 bits per heavy atom. The fraction of sp³-hybridized carbons (Fsp3) is 0.480. The van der Waals surface area contributed by atoms with Gasteiger partial charge in [0.2, 0.25) is 5.91 Å². The van der Waals surface area contributed by atoms with Crippen LogP contribution in [0.4, 0.5) is 24.7 Å². The Hall–Kier alpha value is -3.30. The molecule has 3 aromatic rings. The number of H-pyrrole nitrogens is 1. The number of nitrogens with one attached hydrogen (secondary N) is 1. The van der Waals surface area contributed by atoms with Crippen molar-refractivity contribution in [1.29, 1.82) is 0 Å². The highest BCUT2D eigenvalue weighted by Gasteiger charge is 2.44. The van der Waals surface area contributed by atoms with Gasteiger partial charge in [-0.2, -0.15) is 13.2 Å². The van der Waals surface area contributed by atoms with Crippen LogP contribution in [-0.2, 0) is 4.79 Å². The average molecular weight is 485 g/mol. The van der Waals surface area contributed by atoms with Crippen LogP contribution in [0.25, 0.3) is 22.2 Å². The first-order valence-electron chi connectivity index (χ1n) is 12.1. The minimum Gasteiger partial charge on any atom is -0.396 e. The van der Waals surface area contributed by atoms with Crippen LogP contribution >= 0.6 is 0 Å². The highest BCUT2D eigenvalue weighted by molar-refractivity contribution is 5.84. The van der Waals surface area contributed by atoms with Gasteiger partial charge in [-0.15, -0.1) is 0 Å². The maximum absolute atomic E-state index is 12.9. The fourth-order valence-corrected chi connectivity index (χ4v) is 5.24. The lowest BCUT2D eigenvalue weighted by Gasteiger charge is -2.43. The third kappa shape index (κ3) is 4.41. The third-order valence-electron chi connectivity index (χ3n) is 7.29. The number of aromatic amines is 1. The quantitative estimate of drug-likeness (QED) is 0.558. The van der Waals surface area contributed by atoms with Gasteiger partial charge in [-0.05, 0) is 49.8 Å². The largest absolute Gasteiger partial charge is 0.397 e. The van der Waals surface area contributed by atoms with E-state index >= 15 is 0 Å². The van der Waals surface area contributed by atoms with Crippen LogP contribution in [0.1, 0.15) is 43.7 Å². The molecule has 7 nitrogen and oxygen atoms in total. The first-order chi connectivity index (χ1) is 16.8. The SMILES string of the molecule is Nc1cc(-c2cnc3[nH]ccc3c2)c(C2CC2)nc1N1CCN(C(=O)CC(F)(F)F)[C@H](C2CC2)C1. The lowest BCUT2D eigenvalue weighted by molar-refractivity contribution is -0.163. The topological polar surface area (TPSA) is 91.1 Å². The van der Waals surface area contributed by atoms with Crippen molar-refractivity contribution in [3.63, 3.8) is 0 Å². The Balaban J connectivity index is 1.30. The second-order valence-electron chi connectivity index (χ2n) is 9.98. The van der Waals surface area contributed by atoms with Gasteiger partial charge in [-0.25, -0.2) is 9.97 Å². The van der Waals surface area contributed by atoms with Crippen molar-refractivity contribution in [2.45, 2.75) is 50.2 Å². The summed E-state index contributed by atoms with van der Waals surface area (Å²) in [5.74, 6) is 0.425. The molecule has 3 N–H and O–H groups in total. The van der Waals surface area contributed by atoms with Gasteiger partial charge in [0, 0.05) is 54.5 Å². The van der Waals surface area contributed by atoms with Crippen LogP contribution in [-0.4, -0.2) is 57.6 Å². The number of carbonyl (C=O) groups is 1. The molecular weight excluding hydrogens is 457 g/mol. The summed E-state index contributed by atoms with van der Waals surface area (Å²) in [6.07, 6.45) is 1.76. The predicted octanol–water partition coefficient (Wildman–Crippen LogP) is 4.46. The first-order valence-corrected chi connectivity index (χ1v) is 12.1. The van der Waals surface area contributed by atoms with Crippen LogP contribution in [0.5, 0.6) is 0 Å². The molecule has 0 aromatic carbocycles. The molecule has 1 saturated heterocycles. The van der Waals surface area contributed by atoms with E-state index in [1.807, 2.05) is 24.5 Å². The Kier molecular flexibility index (Phi) is 5.16. The zero-order valence-corrected chi connectivity index (χ0v) is 19.2. The molecule has 1 amide bonds. The molecule has 0 radical (unpaired) electrons. The van der Waals surface area contributed by atoms with Crippen molar-refractivity contribution >= 4 is 28.4 Å². The van der Waals surface area contributed by atoms with Crippen molar-refractivity contribution < 1.29 is 18.0 Å². The number of fused-ring (bicyclic) bond motifs is 1. The van der Waals surface area contributed by atoms with E-state index in [-0.39, 0.29) is 18.5 Å². The molecule has 10 heteroatoms. The number of anilines is 2. The van der Waals surface area contributed by atoms with E-state index in [0.29, 0.717) is 30.5 Å². The molecule has 6 rings (SSSR count). The number of pyridine rings is 2. The minimum absolute atomic E-state index is 0.234. The van der Waals surface area contributed by atoms with Crippen LogP contribution in [0.2, 0.25) is 0 Å². The zero-order chi connectivity index (χ0) is 24.3. The number of rotatable bonds is 5. The Morgan fingerprint density at radius 1 is 1.17 bits per heavy atom. The van der Waals surface area contributed by atoms with Crippen molar-refractivity contribution in [2.75, 3.05) is 30.3 Å². The van der Waals surface area contributed by atoms with Crippen LogP contribution in [0.3, 0.4) is 0 Å². The second kappa shape index (κ2) is 8.13. The summed E-state index contributed by atoms with van der Waals surface area (Å²) in [6.45, 7) is 1.10. The number of amides is 1. The van der Waals surface area contributed by atoms with Gasteiger partial charge in [0.25, 0.3) is 0 Å². The fourth-order valence-electron chi connectivity index (χ4n) is 5.24. The van der Waals surface area contributed by atoms with Gasteiger partial charge in [-0.3, -0.25) is 4.79 Å². The number of nitrogens with two attached hydrogens (primary N) is 1. The summed E-state index contributed by atoms with van der Waals surface area (Å²) >= 11 is 0. The predicted molar refractivity (Wildman–Crippen MR) is 127 cm³/mol. The highest BCUT2D eigenvalue weighted by atomic mass is 19.4. The van der Waals surface area contributed by atoms with Gasteiger partial charge in [0.15, 0.2) is 5.82 Å². The molecule has 35 heavy (non-hydrogen) atoms. The molecule has 3 fully saturated rings. The van der Waals surface area contributed by atoms with Gasteiger partial charge in [0.05, 0.1) is 17.4 Å². The van der Waals surface area contributed by atoms with Gasteiger partial charge in [0.1, 0.15) is 12.1 Å². The van der Waals surface area contributed by atoms with E-state index in [2.05, 4.69) is 20.9 Å². The smallest absolute Gasteiger partial charge is 0.396 e. The summed E-state index contributed by atoms with van der Waals surface area (Å²) in [7, 11) is 0. The number of nitrogens with zero attached hydrogens (tertiary/aromatic N) is 4. The Labute approximate surface area is 200 Å². The summed E-state index contributed by atoms with van der Waals surface area (Å²) in [5.41, 5.74) is 10.8. The molecule has 184 valence electrons. The van der Waals surface area contributed by atoms with Crippen LogP contribution in [0.15, 0.2) is 30.6 Å². The maximum atomic E-state index is 12.9. The van der Waals surface area contributed by atoms with Crippen molar-refractivity contribution in [2.24, 2.45) is 5.92 Å². The number of hydrogen-bond acceptors (Lipinski definition) is 5. The number of aromatic nitrogens is 3. The van der Waals surface area contributed by atoms with E-state index in [9.17, 15) is 18.0 Å². The average Bonchev–Trinajstić information content (AvgIpc) is 3.74. The molecule has 2 aliphatic carbocycles. The molecule has 4 heterocycles. The third-order valence-corrected chi connectivity index (χ3v) is 7.29. The van der Waals surface area contributed by atoms with Crippen molar-refractivity contribution in [3.05, 3.63) is 36.3 Å². The molecule has 0 bridgehead atoms. The molecule has 2 saturated carbocycles. The summed E-state index contributed by atoms with van der Waals surface area (Å²) in [4.78, 5) is 28.6. The molecule has 3 aromatic heterocycles. The van der Waals surface area contributed by atoms with Gasteiger partial charge < -0.3 is 20.5 Å². The lowest BCUT2D eigenvalue weighted by atomic mass is 10.0. The monoisotopic (exact) mass is 484 g/mol. The Bertz CT molecular complexity index is 1280. The van der Waals surface area contributed by atoms with Crippen molar-refractivity contribution in [1.82, 2.24) is 19.9 Å². The zero-order valence-electron chi connectivity index (χ0n) is 19.2. The van der Waals surface area contributed by atoms with Crippen LogP contribution < -0.4 is 10.6 Å². The van der Waals surface area contributed by atoms with E-state index in [4.69, 9.17) is 10.7 Å². The normalized spacial score (nSPS) is 21.1. The van der Waals surface area contributed by atoms with E-state index in [1.54, 1.807) is 0 Å². The van der Waals surface area contributed by atoms with E-state index in [1.165, 1.54) is 4.90 Å². The van der Waals surface area contributed by atoms with E-state index in [0.717, 1.165) is 53.5 Å². The molecule has 1 atom stereocenters. The summed E-state index contributed by atoms with van der Waals surface area (Å²) in [6, 6.07) is 5.77. The number of hydrogen-bond donors (Lipinski definition) is 2. The number of piperazine rings is 1. The number of nitrogen functional groups attached to an aromatic ring is 1. The van der Waals surface area contributed by atoms with Gasteiger partial charge in [-0.1, -0.05) is 0 Å². The number of halogens is 3. The standard InChI is InChI=1S/C25H27F3N6O/c26-25(27,28)11-21(35)34-8-7-33(13-20(34)14-1-2-14)24-19(29)10-18(22(32-24)15-3-4-15)17-9-16-5-6-30-23(16)31-12-17/h5-6,9-10,12,14-15,20H,1-4,7-8,11,13,29H2,(H,30,31)/t20-/m0/s1. The second-order valence-corrected chi connectivity index (χ2v) is 9.98. The van der Waals surface area contributed by atoms with Crippen molar-refractivity contribution in [3.8, 4) is 11.1 Å². The number of alkyl halides is 3. The molecular formula is C25H27F3N6O. The highest BCUT2D eigenvalue weighted by Crippen LogP contribution is 2.46. The van der Waals surface area contributed by atoms with Crippen LogP contribution in [0, 0.1) is 5.92 Å². The first kappa shape index (κ1) is 22.2. The Morgan fingerprint density at radius 3 is 2.69 bits per heavy atom. The number of carbonyl (C=O) groups excluding carboxylic acids is 1. The van der Waals surface area contributed by atoms with E-state index < -0.39 is 18.5 Å². The molecule has 3 aliphatic rings. The minimum atomic E-state index is -4.50. The summed E-state index contributed by atoms with van der Waals surface area (Å²) in [5, 5.41) is 1.01.